The van der Waals surface area contributed by atoms with Crippen LogP contribution in [0.5, 0.6) is 0 Å². The summed E-state index contributed by atoms with van der Waals surface area (Å²) in [5.74, 6) is 7.03. The molecule has 0 aliphatic carbocycles. The summed E-state index contributed by atoms with van der Waals surface area (Å²) in [6, 6.07) is 1.80. The van der Waals surface area contributed by atoms with Crippen LogP contribution >= 0.6 is 11.8 Å². The highest BCUT2D eigenvalue weighted by molar-refractivity contribution is 7.99. The molecule has 9 heteroatoms. The Kier molecular flexibility index (Phi) is 4.66. The van der Waals surface area contributed by atoms with Gasteiger partial charge in [0.05, 0.1) is 0 Å². The number of aromatic nitrogens is 5. The lowest BCUT2D eigenvalue weighted by molar-refractivity contribution is 0.437. The minimum Gasteiger partial charge on any atom is -0.309 e. The summed E-state index contributed by atoms with van der Waals surface area (Å²) in [5.41, 5.74) is 2.44. The summed E-state index contributed by atoms with van der Waals surface area (Å²) < 4.78 is 1.57. The van der Waals surface area contributed by atoms with E-state index in [1.165, 1.54) is 0 Å². The first-order valence-corrected chi connectivity index (χ1v) is 6.68. The molecule has 0 atom stereocenters. The van der Waals surface area contributed by atoms with Crippen molar-refractivity contribution in [2.75, 3.05) is 31.8 Å². The first-order valence-electron chi connectivity index (χ1n) is 5.69. The van der Waals surface area contributed by atoms with Gasteiger partial charge in [0, 0.05) is 24.7 Å². The van der Waals surface area contributed by atoms with Crippen LogP contribution in [-0.4, -0.2) is 56.0 Å². The van der Waals surface area contributed by atoms with Gasteiger partial charge in [0.25, 0.3) is 5.95 Å². The fourth-order valence-electron chi connectivity index (χ4n) is 1.28. The molecule has 3 N–H and O–H groups in total. The number of hydrazine groups is 1. The second-order valence-electron chi connectivity index (χ2n) is 3.99. The molecule has 8 nitrogen and oxygen atoms in total. The van der Waals surface area contributed by atoms with Gasteiger partial charge in [-0.2, -0.15) is 20.1 Å². The van der Waals surface area contributed by atoms with Gasteiger partial charge in [0.15, 0.2) is 5.16 Å². The Hall–Kier alpha value is -1.71. The summed E-state index contributed by atoms with van der Waals surface area (Å²) >= 11 is 1.55. The fraction of sp³-hybridized carbons (Fsp3) is 0.400. The Morgan fingerprint density at radius 2 is 2.21 bits per heavy atom. The third-order valence-electron chi connectivity index (χ3n) is 2.21. The molecule has 0 aromatic carbocycles. The Morgan fingerprint density at radius 1 is 1.37 bits per heavy atom. The van der Waals surface area contributed by atoms with Crippen LogP contribution in [0.4, 0.5) is 5.95 Å². The van der Waals surface area contributed by atoms with E-state index in [0.717, 1.165) is 12.3 Å². The second kappa shape index (κ2) is 6.45. The number of nitrogen functional groups attached to an aromatic ring is 1. The molecule has 2 aromatic heterocycles. The van der Waals surface area contributed by atoms with Gasteiger partial charge in [0.1, 0.15) is 0 Å². The van der Waals surface area contributed by atoms with E-state index < -0.39 is 0 Å². The van der Waals surface area contributed by atoms with Crippen LogP contribution in [-0.2, 0) is 0 Å². The molecule has 102 valence electrons. The maximum atomic E-state index is 5.37. The van der Waals surface area contributed by atoms with E-state index in [1.54, 1.807) is 34.9 Å². The lowest BCUT2D eigenvalue weighted by Gasteiger charge is -2.09. The zero-order valence-electron chi connectivity index (χ0n) is 10.8. The Balaban J connectivity index is 2.16. The lowest BCUT2D eigenvalue weighted by Crippen LogP contribution is -2.16. The minimum absolute atomic E-state index is 0.327. The Labute approximate surface area is 115 Å². The number of nitrogens with two attached hydrogens (primary N) is 1. The number of rotatable bonds is 6. The smallest absolute Gasteiger partial charge is 0.256 e. The Bertz CT molecular complexity index is 512. The van der Waals surface area contributed by atoms with E-state index in [0.29, 0.717) is 17.1 Å². The molecule has 0 saturated heterocycles. The monoisotopic (exact) mass is 280 g/mol. The molecule has 0 radical (unpaired) electrons. The normalized spacial score (nSPS) is 10.9. The van der Waals surface area contributed by atoms with Crippen molar-refractivity contribution in [3.05, 3.63) is 18.5 Å². The highest BCUT2D eigenvalue weighted by Gasteiger charge is 2.08. The SMILES string of the molecule is CN(C)CCSc1nc(NN)nc(-n2cccn2)n1. The highest BCUT2D eigenvalue weighted by atomic mass is 32.2. The number of anilines is 1. The molecule has 0 aliphatic rings. The number of nitrogens with one attached hydrogen (secondary N) is 1. The van der Waals surface area contributed by atoms with E-state index in [2.05, 4.69) is 30.4 Å². The maximum absolute atomic E-state index is 5.37. The van der Waals surface area contributed by atoms with Crippen LogP contribution < -0.4 is 11.3 Å². The van der Waals surface area contributed by atoms with Crippen LogP contribution in [0.15, 0.2) is 23.6 Å². The van der Waals surface area contributed by atoms with Crippen molar-refractivity contribution in [2.45, 2.75) is 5.16 Å². The van der Waals surface area contributed by atoms with Gasteiger partial charge in [-0.05, 0) is 20.2 Å². The van der Waals surface area contributed by atoms with Crippen molar-refractivity contribution < 1.29 is 0 Å². The van der Waals surface area contributed by atoms with Crippen molar-refractivity contribution >= 4 is 17.7 Å². The van der Waals surface area contributed by atoms with Crippen LogP contribution in [0.1, 0.15) is 0 Å². The number of hydrogen-bond acceptors (Lipinski definition) is 8. The molecular formula is C10H16N8S. The molecule has 0 bridgehead atoms. The summed E-state index contributed by atoms with van der Waals surface area (Å²) in [4.78, 5) is 14.8. The van der Waals surface area contributed by atoms with Crippen LogP contribution in [0.3, 0.4) is 0 Å². The molecule has 2 aromatic rings. The van der Waals surface area contributed by atoms with Crippen LogP contribution in [0.2, 0.25) is 0 Å². The quantitative estimate of drug-likeness (QED) is 0.433. The van der Waals surface area contributed by atoms with Crippen LogP contribution in [0.25, 0.3) is 5.95 Å². The molecule has 0 aliphatic heterocycles. The molecule has 2 heterocycles. The molecule has 0 fully saturated rings. The fourth-order valence-corrected chi connectivity index (χ4v) is 2.22. The number of thioether (sulfide) groups is 1. The summed E-state index contributed by atoms with van der Waals surface area (Å²) in [5, 5.41) is 4.71. The molecule has 19 heavy (non-hydrogen) atoms. The predicted octanol–water partition coefficient (Wildman–Crippen LogP) is -0.00340. The minimum atomic E-state index is 0.327. The van der Waals surface area contributed by atoms with Gasteiger partial charge in [-0.25, -0.2) is 10.5 Å². The van der Waals surface area contributed by atoms with Crippen molar-refractivity contribution in [1.29, 1.82) is 0 Å². The van der Waals surface area contributed by atoms with Crippen LogP contribution in [0, 0.1) is 0 Å². The molecular weight excluding hydrogens is 264 g/mol. The molecule has 0 unspecified atom stereocenters. The second-order valence-corrected chi connectivity index (χ2v) is 5.05. The summed E-state index contributed by atoms with van der Waals surface area (Å²) in [7, 11) is 4.05. The molecule has 2 rings (SSSR count). The van der Waals surface area contributed by atoms with E-state index >= 15 is 0 Å². The predicted molar refractivity (Wildman–Crippen MR) is 74.0 cm³/mol. The standard InChI is InChI=1S/C10H16N8S/c1-17(2)6-7-19-10-14-8(16-11)13-9(15-10)18-5-3-4-12-18/h3-5H,6-7,11H2,1-2H3,(H,13,14,15,16). The highest BCUT2D eigenvalue weighted by Crippen LogP contribution is 2.15. The van der Waals surface area contributed by atoms with Gasteiger partial charge >= 0.3 is 0 Å². The average Bonchev–Trinajstić information content (AvgIpc) is 2.92. The average molecular weight is 280 g/mol. The van der Waals surface area contributed by atoms with Gasteiger partial charge in [-0.15, -0.1) is 0 Å². The van der Waals surface area contributed by atoms with Crippen molar-refractivity contribution in [1.82, 2.24) is 29.6 Å². The van der Waals surface area contributed by atoms with E-state index in [-0.39, 0.29) is 0 Å². The zero-order valence-corrected chi connectivity index (χ0v) is 11.6. The van der Waals surface area contributed by atoms with E-state index in [9.17, 15) is 0 Å². The topological polar surface area (TPSA) is 97.8 Å². The Morgan fingerprint density at radius 3 is 2.84 bits per heavy atom. The zero-order chi connectivity index (χ0) is 13.7. The molecule has 0 amide bonds. The first kappa shape index (κ1) is 13.7. The third kappa shape index (κ3) is 3.88. The van der Waals surface area contributed by atoms with Gasteiger partial charge < -0.3 is 4.90 Å². The van der Waals surface area contributed by atoms with Gasteiger partial charge in [0.2, 0.25) is 5.95 Å². The summed E-state index contributed by atoms with van der Waals surface area (Å²) in [6.07, 6.45) is 3.43. The van der Waals surface area contributed by atoms with Gasteiger partial charge in [-0.3, -0.25) is 5.43 Å². The number of nitrogens with zero attached hydrogens (tertiary/aromatic N) is 6. The first-order chi connectivity index (χ1) is 9.19. The van der Waals surface area contributed by atoms with Gasteiger partial charge in [-0.1, -0.05) is 11.8 Å². The maximum Gasteiger partial charge on any atom is 0.256 e. The largest absolute Gasteiger partial charge is 0.309 e. The third-order valence-corrected chi connectivity index (χ3v) is 3.04. The number of hydrogen-bond donors (Lipinski definition) is 2. The van der Waals surface area contributed by atoms with E-state index in [4.69, 9.17) is 5.84 Å². The summed E-state index contributed by atoms with van der Waals surface area (Å²) in [6.45, 7) is 0.943. The van der Waals surface area contributed by atoms with Crippen molar-refractivity contribution in [2.24, 2.45) is 5.84 Å². The van der Waals surface area contributed by atoms with E-state index in [1.807, 2.05) is 14.1 Å². The molecule has 0 spiro atoms. The lowest BCUT2D eigenvalue weighted by atomic mass is 10.7. The molecule has 0 saturated carbocycles. The van der Waals surface area contributed by atoms with Crippen molar-refractivity contribution in [3.8, 4) is 5.95 Å². The van der Waals surface area contributed by atoms with Crippen molar-refractivity contribution in [3.63, 3.8) is 0 Å².